The van der Waals surface area contributed by atoms with E-state index in [1.807, 2.05) is 30.2 Å². The number of carboxylic acid groups (broad SMARTS) is 1. The molecule has 3 aliphatic rings. The van der Waals surface area contributed by atoms with Gasteiger partial charge in [0.2, 0.25) is 5.43 Å². The van der Waals surface area contributed by atoms with Crippen LogP contribution in [0.3, 0.4) is 0 Å². The Labute approximate surface area is 196 Å². The molecule has 8 nitrogen and oxygen atoms in total. The van der Waals surface area contributed by atoms with Crippen LogP contribution in [0.4, 0.5) is 14.9 Å². The zero-order valence-electron chi connectivity index (χ0n) is 19.7. The molecule has 2 aliphatic carbocycles. The van der Waals surface area contributed by atoms with Crippen LogP contribution in [0.15, 0.2) is 23.1 Å². The van der Waals surface area contributed by atoms with Crippen molar-refractivity contribution in [3.63, 3.8) is 0 Å². The van der Waals surface area contributed by atoms with E-state index in [1.165, 1.54) is 12.3 Å². The Bertz CT molecular complexity index is 1250. The lowest BCUT2D eigenvalue weighted by Crippen LogP contribution is -2.42. The molecule has 1 saturated heterocycles. The van der Waals surface area contributed by atoms with E-state index in [1.54, 1.807) is 6.07 Å². The number of alkyl carbamates (subject to hydrolysis) is 1. The van der Waals surface area contributed by atoms with Gasteiger partial charge in [-0.1, -0.05) is 0 Å². The number of carbonyl (C=O) groups excluding carboxylic acids is 1. The van der Waals surface area contributed by atoms with E-state index in [0.717, 1.165) is 32.1 Å². The zero-order valence-corrected chi connectivity index (χ0v) is 19.7. The zero-order chi connectivity index (χ0) is 24.4. The standard InChI is InChI=1S/C25H30FN3O5/c1-24(2,3)34-23(33)27-20-11-25(20)7-4-8-28(13-25)19-10-18-15(9-17(19)26)21(30)16(22(31)32)12-29(18)14-5-6-14/h9-10,12,14,20H,4-8,11,13H2,1-3H3,(H,27,33)(H,31,32). The minimum Gasteiger partial charge on any atom is -0.477 e. The number of halogens is 1. The quantitative estimate of drug-likeness (QED) is 0.698. The molecule has 1 amide bonds. The van der Waals surface area contributed by atoms with Crippen molar-refractivity contribution in [2.24, 2.45) is 5.41 Å². The van der Waals surface area contributed by atoms with Crippen molar-refractivity contribution in [1.29, 1.82) is 0 Å². The number of pyridine rings is 1. The predicted octanol–water partition coefficient (Wildman–Crippen LogP) is 4.06. The molecular weight excluding hydrogens is 441 g/mol. The predicted molar refractivity (Wildman–Crippen MR) is 125 cm³/mol. The maximum atomic E-state index is 15.3. The summed E-state index contributed by atoms with van der Waals surface area (Å²) in [6.07, 6.45) is 5.36. The van der Waals surface area contributed by atoms with Gasteiger partial charge in [-0.15, -0.1) is 0 Å². The first kappa shape index (κ1) is 22.7. The summed E-state index contributed by atoms with van der Waals surface area (Å²) in [4.78, 5) is 38.5. The normalized spacial score (nSPS) is 24.4. The van der Waals surface area contributed by atoms with Gasteiger partial charge in [0.25, 0.3) is 0 Å². The van der Waals surface area contributed by atoms with Crippen molar-refractivity contribution < 1.29 is 23.8 Å². The van der Waals surface area contributed by atoms with Gasteiger partial charge in [-0.2, -0.15) is 0 Å². The molecule has 2 saturated carbocycles. The van der Waals surface area contributed by atoms with Gasteiger partial charge in [0.1, 0.15) is 17.0 Å². The monoisotopic (exact) mass is 471 g/mol. The number of hydrogen-bond donors (Lipinski definition) is 2. The number of fused-ring (bicyclic) bond motifs is 1. The van der Waals surface area contributed by atoms with Crippen LogP contribution in [0.1, 0.15) is 69.3 Å². The van der Waals surface area contributed by atoms with Crippen molar-refractivity contribution >= 4 is 28.7 Å². The molecule has 34 heavy (non-hydrogen) atoms. The van der Waals surface area contributed by atoms with Gasteiger partial charge in [0.15, 0.2) is 0 Å². The highest BCUT2D eigenvalue weighted by Gasteiger charge is 2.57. The van der Waals surface area contributed by atoms with Crippen LogP contribution in [0.5, 0.6) is 0 Å². The number of carboxylic acids is 1. The molecule has 1 aromatic carbocycles. The number of aromatic nitrogens is 1. The second-order valence-corrected chi connectivity index (χ2v) is 10.9. The summed E-state index contributed by atoms with van der Waals surface area (Å²) in [7, 11) is 0. The highest BCUT2D eigenvalue weighted by Crippen LogP contribution is 2.53. The van der Waals surface area contributed by atoms with Crippen LogP contribution in [-0.4, -0.2) is 46.5 Å². The summed E-state index contributed by atoms with van der Waals surface area (Å²) in [6.45, 7) is 6.73. The van der Waals surface area contributed by atoms with Gasteiger partial charge in [0.05, 0.1) is 11.2 Å². The van der Waals surface area contributed by atoms with E-state index in [2.05, 4.69) is 5.32 Å². The first-order valence-corrected chi connectivity index (χ1v) is 11.8. The van der Waals surface area contributed by atoms with E-state index >= 15 is 4.39 Å². The molecular formula is C25H30FN3O5. The topological polar surface area (TPSA) is 101 Å². The number of benzene rings is 1. The summed E-state index contributed by atoms with van der Waals surface area (Å²) in [6, 6.07) is 2.98. The molecule has 1 spiro atoms. The molecule has 2 atom stereocenters. The molecule has 2 unspecified atom stereocenters. The number of nitrogens with zero attached hydrogens (tertiary/aromatic N) is 2. The number of hydrogen-bond acceptors (Lipinski definition) is 5. The van der Waals surface area contributed by atoms with Crippen LogP contribution in [0.2, 0.25) is 0 Å². The van der Waals surface area contributed by atoms with Gasteiger partial charge in [-0.25, -0.2) is 14.0 Å². The Morgan fingerprint density at radius 3 is 2.65 bits per heavy atom. The Morgan fingerprint density at radius 2 is 2.00 bits per heavy atom. The molecule has 0 bridgehead atoms. The maximum Gasteiger partial charge on any atom is 0.407 e. The number of piperidine rings is 1. The highest BCUT2D eigenvalue weighted by atomic mass is 19.1. The average molecular weight is 472 g/mol. The number of aromatic carboxylic acids is 1. The third kappa shape index (κ3) is 4.12. The van der Waals surface area contributed by atoms with Gasteiger partial charge in [-0.05, 0) is 65.0 Å². The van der Waals surface area contributed by atoms with Crippen LogP contribution >= 0.6 is 0 Å². The van der Waals surface area contributed by atoms with Crippen molar-refractivity contribution in [1.82, 2.24) is 9.88 Å². The summed E-state index contributed by atoms with van der Waals surface area (Å²) in [5, 5.41) is 12.5. The number of nitrogens with one attached hydrogen (secondary N) is 1. The molecule has 9 heteroatoms. The Balaban J connectivity index is 1.43. The Hall–Kier alpha value is -3.10. The average Bonchev–Trinajstić information content (AvgIpc) is 3.65. The smallest absolute Gasteiger partial charge is 0.407 e. The largest absolute Gasteiger partial charge is 0.477 e. The third-order valence-electron chi connectivity index (χ3n) is 7.10. The summed E-state index contributed by atoms with van der Waals surface area (Å²) < 4.78 is 22.5. The van der Waals surface area contributed by atoms with Crippen LogP contribution in [0, 0.1) is 11.2 Å². The SMILES string of the molecule is CC(C)(C)OC(=O)NC1CC12CCCN(c1cc3c(cc1F)c(=O)c(C(=O)O)cn3C1CC1)C2. The fourth-order valence-corrected chi connectivity index (χ4v) is 5.23. The molecule has 3 fully saturated rings. The van der Waals surface area contributed by atoms with Crippen molar-refractivity contribution in [2.45, 2.75) is 70.6 Å². The minimum atomic E-state index is -1.30. The summed E-state index contributed by atoms with van der Waals surface area (Å²) in [5.41, 5.74) is -0.725. The second-order valence-electron chi connectivity index (χ2n) is 10.9. The van der Waals surface area contributed by atoms with E-state index in [4.69, 9.17) is 4.74 Å². The van der Waals surface area contributed by atoms with Crippen LogP contribution in [-0.2, 0) is 4.74 Å². The number of carbonyl (C=O) groups is 2. The molecule has 182 valence electrons. The maximum absolute atomic E-state index is 15.3. The first-order chi connectivity index (χ1) is 16.0. The Kier molecular flexibility index (Phi) is 5.15. The fourth-order valence-electron chi connectivity index (χ4n) is 5.23. The lowest BCUT2D eigenvalue weighted by atomic mass is 9.93. The van der Waals surface area contributed by atoms with E-state index in [-0.39, 0.29) is 28.4 Å². The van der Waals surface area contributed by atoms with Gasteiger partial charge in [-0.3, -0.25) is 4.79 Å². The lowest BCUT2D eigenvalue weighted by Gasteiger charge is -2.36. The third-order valence-corrected chi connectivity index (χ3v) is 7.10. The van der Waals surface area contributed by atoms with Crippen molar-refractivity contribution in [2.75, 3.05) is 18.0 Å². The van der Waals surface area contributed by atoms with Crippen molar-refractivity contribution in [3.05, 3.63) is 39.9 Å². The molecule has 2 aromatic rings. The molecule has 2 N–H and O–H groups in total. The van der Waals surface area contributed by atoms with Crippen molar-refractivity contribution in [3.8, 4) is 0 Å². The minimum absolute atomic E-state index is 0.0172. The summed E-state index contributed by atoms with van der Waals surface area (Å²) >= 11 is 0. The Morgan fingerprint density at radius 1 is 1.26 bits per heavy atom. The number of anilines is 1. The van der Waals surface area contributed by atoms with E-state index in [0.29, 0.717) is 24.3 Å². The first-order valence-electron chi connectivity index (χ1n) is 11.8. The van der Waals surface area contributed by atoms with E-state index < -0.39 is 28.9 Å². The highest BCUT2D eigenvalue weighted by molar-refractivity contribution is 5.93. The lowest BCUT2D eigenvalue weighted by molar-refractivity contribution is 0.0514. The molecule has 2 heterocycles. The number of rotatable bonds is 4. The van der Waals surface area contributed by atoms with Gasteiger partial charge >= 0.3 is 12.1 Å². The number of ether oxygens (including phenoxy) is 1. The van der Waals surface area contributed by atoms with Gasteiger partial charge in [0, 0.05) is 42.2 Å². The molecule has 0 radical (unpaired) electrons. The van der Waals surface area contributed by atoms with Crippen LogP contribution in [0.25, 0.3) is 10.9 Å². The van der Waals surface area contributed by atoms with Gasteiger partial charge < -0.3 is 24.6 Å². The number of amides is 1. The second kappa shape index (κ2) is 7.71. The van der Waals surface area contributed by atoms with Crippen LogP contribution < -0.4 is 15.6 Å². The fraction of sp³-hybridized carbons (Fsp3) is 0.560. The molecule has 5 rings (SSSR count). The molecule has 1 aromatic heterocycles. The molecule has 1 aliphatic heterocycles. The van der Waals surface area contributed by atoms with E-state index in [9.17, 15) is 19.5 Å². The summed E-state index contributed by atoms with van der Waals surface area (Å²) in [5.74, 6) is -1.84.